The van der Waals surface area contributed by atoms with Crippen molar-refractivity contribution in [1.82, 2.24) is 5.32 Å². The number of nitrogens with one attached hydrogen (secondary N) is 1. The Morgan fingerprint density at radius 1 is 1.28 bits per heavy atom. The van der Waals surface area contributed by atoms with Gasteiger partial charge in [-0.25, -0.2) is 0 Å². The molecular weight excluding hydrogens is 246 g/mol. The third-order valence-electron chi connectivity index (χ3n) is 3.06. The molecule has 0 saturated heterocycles. The second kappa shape index (κ2) is 6.90. The molecule has 1 aliphatic heterocycles. The maximum Gasteiger partial charge on any atom is 0.162 e. The van der Waals surface area contributed by atoms with E-state index >= 15 is 0 Å². The van der Waals surface area contributed by atoms with E-state index in [4.69, 9.17) is 9.47 Å². The molecule has 100 valence electrons. The first-order valence-electron chi connectivity index (χ1n) is 6.49. The van der Waals surface area contributed by atoms with Gasteiger partial charge in [0.1, 0.15) is 13.2 Å². The second-order valence-corrected chi connectivity index (χ2v) is 5.65. The molecule has 0 radical (unpaired) electrons. The highest BCUT2D eigenvalue weighted by molar-refractivity contribution is 7.99. The van der Waals surface area contributed by atoms with Crippen molar-refractivity contribution in [2.24, 2.45) is 0 Å². The van der Waals surface area contributed by atoms with E-state index in [9.17, 15) is 0 Å². The number of ether oxygens (including phenoxy) is 2. The van der Waals surface area contributed by atoms with Crippen LogP contribution in [0.2, 0.25) is 0 Å². The summed E-state index contributed by atoms with van der Waals surface area (Å²) >= 11 is 1.88. The molecule has 0 aliphatic carbocycles. The first kappa shape index (κ1) is 13.6. The maximum absolute atomic E-state index is 5.58. The molecule has 18 heavy (non-hydrogen) atoms. The molecule has 0 bridgehead atoms. The summed E-state index contributed by atoms with van der Waals surface area (Å²) in [6.45, 7) is 3.52. The van der Waals surface area contributed by atoms with E-state index in [1.807, 2.05) is 24.9 Å². The molecule has 1 aromatic rings. The summed E-state index contributed by atoms with van der Waals surface area (Å²) in [5.41, 5.74) is 0. The van der Waals surface area contributed by atoms with Gasteiger partial charge in [0.25, 0.3) is 0 Å². The van der Waals surface area contributed by atoms with Gasteiger partial charge in [-0.3, -0.25) is 0 Å². The summed E-state index contributed by atoms with van der Waals surface area (Å²) in [6, 6.07) is 6.80. The van der Waals surface area contributed by atoms with E-state index in [0.29, 0.717) is 19.3 Å². The number of fused-ring (bicyclic) bond motifs is 1. The minimum Gasteiger partial charge on any atom is -0.486 e. The first-order valence-corrected chi connectivity index (χ1v) is 7.48. The smallest absolute Gasteiger partial charge is 0.162 e. The lowest BCUT2D eigenvalue weighted by molar-refractivity contribution is 0.171. The molecule has 1 unspecified atom stereocenters. The molecule has 0 saturated carbocycles. The Morgan fingerprint density at radius 2 is 2.06 bits per heavy atom. The van der Waals surface area contributed by atoms with Gasteiger partial charge in [0.05, 0.1) is 0 Å². The molecule has 0 fully saturated rings. The molecule has 1 N–H and O–H groups in total. The number of hydrogen-bond acceptors (Lipinski definition) is 4. The summed E-state index contributed by atoms with van der Waals surface area (Å²) < 4.78 is 11.1. The van der Waals surface area contributed by atoms with Gasteiger partial charge in [0, 0.05) is 10.9 Å². The van der Waals surface area contributed by atoms with E-state index in [0.717, 1.165) is 17.3 Å². The van der Waals surface area contributed by atoms with E-state index in [2.05, 4.69) is 24.4 Å². The minimum atomic E-state index is 0.603. The molecule has 3 nitrogen and oxygen atoms in total. The van der Waals surface area contributed by atoms with Crippen molar-refractivity contribution in [3.05, 3.63) is 18.2 Å². The van der Waals surface area contributed by atoms with Crippen LogP contribution in [-0.2, 0) is 0 Å². The van der Waals surface area contributed by atoms with Crippen molar-refractivity contribution in [3.8, 4) is 11.5 Å². The summed E-state index contributed by atoms with van der Waals surface area (Å²) in [7, 11) is 2.01. The Balaban J connectivity index is 1.79. The third kappa shape index (κ3) is 3.82. The monoisotopic (exact) mass is 267 g/mol. The molecule has 1 heterocycles. The Labute approximate surface area is 113 Å². The Kier molecular flexibility index (Phi) is 5.20. The molecule has 0 amide bonds. The predicted octanol–water partition coefficient (Wildman–Crippen LogP) is 2.94. The van der Waals surface area contributed by atoms with E-state index in [-0.39, 0.29) is 0 Å². The molecule has 4 heteroatoms. The largest absolute Gasteiger partial charge is 0.486 e. The molecule has 1 aromatic carbocycles. The lowest BCUT2D eigenvalue weighted by Gasteiger charge is -2.18. The van der Waals surface area contributed by atoms with Gasteiger partial charge < -0.3 is 14.8 Å². The molecule has 2 rings (SSSR count). The van der Waals surface area contributed by atoms with Crippen molar-refractivity contribution in [2.45, 2.75) is 30.7 Å². The fraction of sp³-hybridized carbons (Fsp3) is 0.571. The SMILES string of the molecule is CNC(C)CCCSc1ccc2c(c1)OCCO2. The van der Waals surface area contributed by atoms with Crippen molar-refractivity contribution >= 4 is 11.8 Å². The second-order valence-electron chi connectivity index (χ2n) is 4.49. The zero-order chi connectivity index (χ0) is 12.8. The lowest BCUT2D eigenvalue weighted by Crippen LogP contribution is -2.20. The quantitative estimate of drug-likeness (QED) is 0.634. The fourth-order valence-electron chi connectivity index (χ4n) is 1.84. The topological polar surface area (TPSA) is 30.5 Å². The highest BCUT2D eigenvalue weighted by atomic mass is 32.2. The van der Waals surface area contributed by atoms with Crippen molar-refractivity contribution in [2.75, 3.05) is 26.0 Å². The standard InChI is InChI=1S/C14H21NO2S/c1-11(15-2)4-3-9-18-12-5-6-13-14(10-12)17-8-7-16-13/h5-6,10-11,15H,3-4,7-9H2,1-2H3. The zero-order valence-corrected chi connectivity index (χ0v) is 11.9. The van der Waals surface area contributed by atoms with Crippen molar-refractivity contribution in [1.29, 1.82) is 0 Å². The van der Waals surface area contributed by atoms with Crippen LogP contribution in [0.4, 0.5) is 0 Å². The van der Waals surface area contributed by atoms with Crippen LogP contribution in [0.5, 0.6) is 11.5 Å². The molecule has 0 spiro atoms. The Morgan fingerprint density at radius 3 is 2.83 bits per heavy atom. The van der Waals surface area contributed by atoms with Crippen LogP contribution in [0.3, 0.4) is 0 Å². The van der Waals surface area contributed by atoms with Gasteiger partial charge in [-0.2, -0.15) is 0 Å². The first-order chi connectivity index (χ1) is 8.79. The van der Waals surface area contributed by atoms with Gasteiger partial charge in [0.15, 0.2) is 11.5 Å². The van der Waals surface area contributed by atoms with Gasteiger partial charge in [-0.05, 0) is 50.8 Å². The van der Waals surface area contributed by atoms with Crippen LogP contribution in [0, 0.1) is 0 Å². The summed E-state index contributed by atoms with van der Waals surface area (Å²) in [5.74, 6) is 2.90. The Bertz CT molecular complexity index is 384. The van der Waals surface area contributed by atoms with Crippen LogP contribution in [0.1, 0.15) is 19.8 Å². The predicted molar refractivity (Wildman–Crippen MR) is 75.9 cm³/mol. The van der Waals surface area contributed by atoms with E-state index < -0.39 is 0 Å². The summed E-state index contributed by atoms with van der Waals surface area (Å²) in [5, 5.41) is 3.26. The minimum absolute atomic E-state index is 0.603. The van der Waals surface area contributed by atoms with Gasteiger partial charge in [-0.15, -0.1) is 11.8 Å². The molecular formula is C14H21NO2S. The van der Waals surface area contributed by atoms with Crippen molar-refractivity contribution in [3.63, 3.8) is 0 Å². The molecule has 1 atom stereocenters. The van der Waals surface area contributed by atoms with Gasteiger partial charge in [0.2, 0.25) is 0 Å². The molecule has 1 aliphatic rings. The van der Waals surface area contributed by atoms with Crippen molar-refractivity contribution < 1.29 is 9.47 Å². The van der Waals surface area contributed by atoms with E-state index in [1.165, 1.54) is 17.7 Å². The van der Waals surface area contributed by atoms with Crippen LogP contribution in [-0.4, -0.2) is 32.1 Å². The van der Waals surface area contributed by atoms with Crippen LogP contribution >= 0.6 is 11.8 Å². The molecule has 0 aromatic heterocycles. The van der Waals surface area contributed by atoms with Crippen LogP contribution < -0.4 is 14.8 Å². The number of thioether (sulfide) groups is 1. The fourth-order valence-corrected chi connectivity index (χ4v) is 2.74. The normalized spacial score (nSPS) is 15.4. The van der Waals surface area contributed by atoms with Gasteiger partial charge in [-0.1, -0.05) is 0 Å². The average molecular weight is 267 g/mol. The number of hydrogen-bond donors (Lipinski definition) is 1. The number of benzene rings is 1. The third-order valence-corrected chi connectivity index (χ3v) is 4.14. The highest BCUT2D eigenvalue weighted by Crippen LogP contribution is 2.34. The lowest BCUT2D eigenvalue weighted by atomic mass is 10.2. The van der Waals surface area contributed by atoms with Crippen LogP contribution in [0.25, 0.3) is 0 Å². The highest BCUT2D eigenvalue weighted by Gasteiger charge is 2.11. The number of rotatable bonds is 6. The maximum atomic E-state index is 5.58. The van der Waals surface area contributed by atoms with Crippen LogP contribution in [0.15, 0.2) is 23.1 Å². The Hall–Kier alpha value is -0.870. The summed E-state index contributed by atoms with van der Waals surface area (Å²) in [6.07, 6.45) is 2.44. The average Bonchev–Trinajstić information content (AvgIpc) is 2.43. The summed E-state index contributed by atoms with van der Waals surface area (Å²) in [4.78, 5) is 1.26. The van der Waals surface area contributed by atoms with Gasteiger partial charge >= 0.3 is 0 Å². The zero-order valence-electron chi connectivity index (χ0n) is 11.1. The van der Waals surface area contributed by atoms with E-state index in [1.54, 1.807) is 0 Å².